The molecule has 0 fully saturated rings. The van der Waals surface area contributed by atoms with Gasteiger partial charge in [-0.3, -0.25) is 0 Å². The van der Waals surface area contributed by atoms with Gasteiger partial charge in [-0.15, -0.1) is 11.3 Å². The summed E-state index contributed by atoms with van der Waals surface area (Å²) in [6, 6.07) is 13.0. The molecule has 114 valence electrons. The molecule has 1 aromatic heterocycles. The summed E-state index contributed by atoms with van der Waals surface area (Å²) in [5.41, 5.74) is 0.920. The van der Waals surface area contributed by atoms with Gasteiger partial charge in [-0.05, 0) is 17.0 Å². The van der Waals surface area contributed by atoms with Crippen molar-refractivity contribution >= 4 is 17.2 Å². The van der Waals surface area contributed by atoms with Gasteiger partial charge in [-0.25, -0.2) is 0 Å². The van der Waals surface area contributed by atoms with Gasteiger partial charge in [0.25, 0.3) is 5.88 Å². The van der Waals surface area contributed by atoms with Gasteiger partial charge in [-0.1, -0.05) is 36.4 Å². The second kappa shape index (κ2) is 6.21. The molecule has 0 radical (unpaired) electrons. The molecule has 0 saturated heterocycles. The lowest BCUT2D eigenvalue weighted by atomic mass is 10.0. The summed E-state index contributed by atoms with van der Waals surface area (Å²) in [7, 11) is 0. The number of aliphatic hydroxyl groups excluding tert-OH is 3. The number of thiophene rings is 1. The predicted molar refractivity (Wildman–Crippen MR) is 86.1 cm³/mol. The van der Waals surface area contributed by atoms with Crippen molar-refractivity contribution in [2.24, 2.45) is 4.99 Å². The lowest BCUT2D eigenvalue weighted by Gasteiger charge is -2.34. The number of hydrogen-bond acceptors (Lipinski definition) is 6. The molecule has 3 rings (SSSR count). The van der Waals surface area contributed by atoms with Crippen molar-refractivity contribution in [3.8, 4) is 0 Å². The number of aliphatic imine (C=N–C) groups is 1. The average molecular weight is 316 g/mol. The van der Waals surface area contributed by atoms with Crippen LogP contribution < -0.4 is 0 Å². The number of amidine groups is 1. The van der Waals surface area contributed by atoms with Crippen LogP contribution in [0, 0.1) is 0 Å². The molecule has 2 heterocycles. The summed E-state index contributed by atoms with van der Waals surface area (Å²) in [5, 5.41) is 31.4. The monoisotopic (exact) mass is 316 g/mol. The van der Waals surface area contributed by atoms with E-state index in [1.807, 2.05) is 47.8 Å². The maximum atomic E-state index is 9.86. The van der Waals surface area contributed by atoms with Gasteiger partial charge in [0.15, 0.2) is 11.6 Å². The summed E-state index contributed by atoms with van der Waals surface area (Å²) in [5.74, 6) is -0.0210. The molecule has 0 spiro atoms. The molecule has 0 saturated carbocycles. The van der Waals surface area contributed by atoms with Crippen molar-refractivity contribution < 1.29 is 15.3 Å². The van der Waals surface area contributed by atoms with E-state index in [1.54, 1.807) is 4.90 Å². The van der Waals surface area contributed by atoms with Gasteiger partial charge in [0.2, 0.25) is 0 Å². The first-order valence-electron chi connectivity index (χ1n) is 6.87. The normalized spacial score (nSPS) is 16.6. The molecule has 2 aromatic rings. The van der Waals surface area contributed by atoms with Gasteiger partial charge in [0, 0.05) is 0 Å². The van der Waals surface area contributed by atoms with Crippen molar-refractivity contribution in [2.45, 2.75) is 6.04 Å². The van der Waals surface area contributed by atoms with Crippen LogP contribution in [0.5, 0.6) is 0 Å². The van der Waals surface area contributed by atoms with E-state index >= 15 is 0 Å². The molecule has 6 heteroatoms. The van der Waals surface area contributed by atoms with Crippen molar-refractivity contribution in [1.82, 2.24) is 4.90 Å². The van der Waals surface area contributed by atoms with Crippen molar-refractivity contribution in [2.75, 3.05) is 13.2 Å². The Morgan fingerprint density at radius 3 is 2.55 bits per heavy atom. The van der Waals surface area contributed by atoms with Gasteiger partial charge < -0.3 is 20.2 Å². The number of hydrogen-bond donors (Lipinski definition) is 3. The standard InChI is InChI=1S/C16H16N2O3S/c19-10-12(11-5-2-1-3-6-11)18-9-13(20)16(21)17-15(18)14-7-4-8-22-14/h1-8,12,19-21H,9-10H2/t12-/m0/s1. The zero-order valence-electron chi connectivity index (χ0n) is 11.8. The second-order valence-corrected chi connectivity index (χ2v) is 5.87. The number of aliphatic hydroxyl groups is 3. The van der Waals surface area contributed by atoms with Crippen molar-refractivity contribution in [3.63, 3.8) is 0 Å². The smallest absolute Gasteiger partial charge is 0.253 e. The molecule has 0 amide bonds. The largest absolute Gasteiger partial charge is 0.506 e. The molecule has 1 aliphatic heterocycles. The molecule has 1 aromatic carbocycles. The third-order valence-electron chi connectivity index (χ3n) is 3.54. The fourth-order valence-corrected chi connectivity index (χ4v) is 3.18. The van der Waals surface area contributed by atoms with Gasteiger partial charge in [0.05, 0.1) is 24.1 Å². The zero-order chi connectivity index (χ0) is 15.5. The highest BCUT2D eigenvalue weighted by atomic mass is 32.1. The average Bonchev–Trinajstić information content (AvgIpc) is 3.06. The zero-order valence-corrected chi connectivity index (χ0v) is 12.6. The number of nitrogens with zero attached hydrogens (tertiary/aromatic N) is 2. The molecule has 1 atom stereocenters. The first-order valence-corrected chi connectivity index (χ1v) is 7.74. The van der Waals surface area contributed by atoms with Crippen LogP contribution >= 0.6 is 11.3 Å². The summed E-state index contributed by atoms with van der Waals surface area (Å²) >= 11 is 1.49. The number of benzene rings is 1. The van der Waals surface area contributed by atoms with E-state index in [1.165, 1.54) is 11.3 Å². The van der Waals surface area contributed by atoms with E-state index in [9.17, 15) is 15.3 Å². The van der Waals surface area contributed by atoms with Crippen LogP contribution in [0.1, 0.15) is 16.5 Å². The SMILES string of the molecule is OC[C@@H](c1ccccc1)N1CC(O)=C(O)N=C1c1cccs1. The minimum Gasteiger partial charge on any atom is -0.506 e. The third-order valence-corrected chi connectivity index (χ3v) is 4.40. The van der Waals surface area contributed by atoms with E-state index < -0.39 is 0 Å². The highest BCUT2D eigenvalue weighted by molar-refractivity contribution is 7.12. The lowest BCUT2D eigenvalue weighted by Crippen LogP contribution is -2.40. The Kier molecular flexibility index (Phi) is 4.13. The Balaban J connectivity index is 2.02. The van der Waals surface area contributed by atoms with Crippen LogP contribution in [-0.2, 0) is 0 Å². The molecule has 5 nitrogen and oxygen atoms in total. The summed E-state index contributed by atoms with van der Waals surface area (Å²) in [6.45, 7) is -0.0227. The van der Waals surface area contributed by atoms with Crippen molar-refractivity contribution in [3.05, 3.63) is 69.9 Å². The van der Waals surface area contributed by atoms with Crippen LogP contribution in [0.25, 0.3) is 0 Å². The molecule has 1 aliphatic rings. The third kappa shape index (κ3) is 2.70. The minimum absolute atomic E-state index is 0.0999. The molecule has 22 heavy (non-hydrogen) atoms. The highest BCUT2D eigenvalue weighted by Crippen LogP contribution is 2.28. The Bertz CT molecular complexity index is 695. The van der Waals surface area contributed by atoms with E-state index in [0.717, 1.165) is 10.4 Å². The van der Waals surface area contributed by atoms with E-state index in [4.69, 9.17) is 0 Å². The van der Waals surface area contributed by atoms with Gasteiger partial charge >= 0.3 is 0 Å². The van der Waals surface area contributed by atoms with Crippen LogP contribution in [-0.4, -0.2) is 39.2 Å². The fraction of sp³-hybridized carbons (Fsp3) is 0.188. The van der Waals surface area contributed by atoms with E-state index in [2.05, 4.69) is 4.99 Å². The summed E-state index contributed by atoms with van der Waals surface area (Å²) < 4.78 is 0. The number of rotatable bonds is 4. The lowest BCUT2D eigenvalue weighted by molar-refractivity contribution is 0.167. The van der Waals surface area contributed by atoms with Gasteiger partial charge in [0.1, 0.15) is 0 Å². The predicted octanol–water partition coefficient (Wildman–Crippen LogP) is 2.83. The van der Waals surface area contributed by atoms with Crippen LogP contribution in [0.3, 0.4) is 0 Å². The topological polar surface area (TPSA) is 76.3 Å². The van der Waals surface area contributed by atoms with E-state index in [0.29, 0.717) is 5.84 Å². The Morgan fingerprint density at radius 1 is 1.14 bits per heavy atom. The van der Waals surface area contributed by atoms with Crippen LogP contribution in [0.2, 0.25) is 0 Å². The Morgan fingerprint density at radius 2 is 1.91 bits per heavy atom. The molecule has 3 N–H and O–H groups in total. The molecule has 0 aliphatic carbocycles. The Labute approximate surface area is 132 Å². The minimum atomic E-state index is -0.371. The fourth-order valence-electron chi connectivity index (χ4n) is 2.46. The second-order valence-electron chi connectivity index (χ2n) is 4.92. The summed E-state index contributed by atoms with van der Waals surface area (Å²) in [6.07, 6.45) is 0. The maximum Gasteiger partial charge on any atom is 0.253 e. The van der Waals surface area contributed by atoms with Gasteiger partial charge in [-0.2, -0.15) is 4.99 Å². The quantitative estimate of drug-likeness (QED) is 0.810. The molecule has 0 unspecified atom stereocenters. The maximum absolute atomic E-state index is 9.86. The highest BCUT2D eigenvalue weighted by Gasteiger charge is 2.30. The summed E-state index contributed by atoms with van der Waals surface area (Å²) in [4.78, 5) is 6.78. The molecular weight excluding hydrogens is 300 g/mol. The van der Waals surface area contributed by atoms with Crippen molar-refractivity contribution in [1.29, 1.82) is 0 Å². The first kappa shape index (κ1) is 14.6. The molecular formula is C16H16N2O3S. The molecule has 0 bridgehead atoms. The van der Waals surface area contributed by atoms with E-state index in [-0.39, 0.29) is 30.8 Å². The van der Waals surface area contributed by atoms with Crippen LogP contribution in [0.15, 0.2) is 64.5 Å². The first-order chi connectivity index (χ1) is 10.7. The van der Waals surface area contributed by atoms with Crippen LogP contribution in [0.4, 0.5) is 0 Å². The Hall–Kier alpha value is -2.31.